The minimum atomic E-state index is -0.523. The van der Waals surface area contributed by atoms with E-state index in [-0.39, 0.29) is 17.4 Å². The number of amides is 1. The fraction of sp³-hybridized carbons (Fsp3) is 0.588. The average Bonchev–Trinajstić information content (AvgIpc) is 2.44. The van der Waals surface area contributed by atoms with Crippen LogP contribution in [0.5, 0.6) is 5.75 Å². The number of aryl methyl sites for hydroxylation is 1. The molecule has 0 bridgehead atoms. The van der Waals surface area contributed by atoms with Crippen LogP contribution in [-0.2, 0) is 4.79 Å². The summed E-state index contributed by atoms with van der Waals surface area (Å²) in [6.07, 6.45) is 0.302. The van der Waals surface area contributed by atoms with E-state index in [9.17, 15) is 4.79 Å². The molecule has 122 valence electrons. The highest BCUT2D eigenvalue weighted by molar-refractivity contribution is 6.30. The molecule has 0 aromatic heterocycles. The maximum atomic E-state index is 12.6. The van der Waals surface area contributed by atoms with Crippen LogP contribution in [0, 0.1) is 12.3 Å². The van der Waals surface area contributed by atoms with Crippen LogP contribution in [0.3, 0.4) is 0 Å². The molecule has 1 aromatic carbocycles. The van der Waals surface area contributed by atoms with E-state index in [2.05, 4.69) is 13.8 Å². The smallest absolute Gasteiger partial charge is 0.263 e. The molecule has 5 heteroatoms. The largest absolute Gasteiger partial charge is 0.481 e. The first-order chi connectivity index (χ1) is 10.2. The monoisotopic (exact) mass is 324 g/mol. The number of likely N-dealkylation sites (tertiary alicyclic amines) is 1. The standard InChI is InChI=1S/C17H25ClN2O2/c1-11-9-13(18)5-6-14(11)22-12(2)16(21)20-8-7-15(19)17(3,4)10-20/h5-6,9,12,15H,7-8,10,19H2,1-4H3. The zero-order valence-corrected chi connectivity index (χ0v) is 14.5. The fourth-order valence-electron chi connectivity index (χ4n) is 2.81. The van der Waals surface area contributed by atoms with Crippen molar-refractivity contribution in [2.75, 3.05) is 13.1 Å². The molecule has 1 saturated heterocycles. The molecule has 1 aromatic rings. The summed E-state index contributed by atoms with van der Waals surface area (Å²) in [4.78, 5) is 14.5. The summed E-state index contributed by atoms with van der Waals surface area (Å²) in [6, 6.07) is 5.53. The van der Waals surface area contributed by atoms with Gasteiger partial charge in [-0.1, -0.05) is 25.4 Å². The van der Waals surface area contributed by atoms with E-state index in [4.69, 9.17) is 22.1 Å². The molecule has 0 aliphatic carbocycles. The normalized spacial score (nSPS) is 22.3. The van der Waals surface area contributed by atoms with Crippen LogP contribution in [0.15, 0.2) is 18.2 Å². The minimum Gasteiger partial charge on any atom is -0.481 e. The first-order valence-electron chi connectivity index (χ1n) is 7.68. The lowest BCUT2D eigenvalue weighted by molar-refractivity contribution is -0.141. The Morgan fingerprint density at radius 2 is 2.18 bits per heavy atom. The van der Waals surface area contributed by atoms with Crippen molar-refractivity contribution < 1.29 is 9.53 Å². The maximum absolute atomic E-state index is 12.6. The van der Waals surface area contributed by atoms with E-state index >= 15 is 0 Å². The van der Waals surface area contributed by atoms with Crippen LogP contribution in [0.2, 0.25) is 5.02 Å². The molecule has 1 heterocycles. The van der Waals surface area contributed by atoms with Gasteiger partial charge in [-0.25, -0.2) is 0 Å². The zero-order valence-electron chi connectivity index (χ0n) is 13.7. The Kier molecular flexibility index (Phi) is 5.03. The van der Waals surface area contributed by atoms with Crippen molar-refractivity contribution in [2.45, 2.75) is 46.3 Å². The number of carbonyl (C=O) groups excluding carboxylic acids is 1. The number of nitrogens with two attached hydrogens (primary N) is 1. The summed E-state index contributed by atoms with van der Waals surface area (Å²) in [5.74, 6) is 0.701. The van der Waals surface area contributed by atoms with E-state index < -0.39 is 6.10 Å². The third-order valence-corrected chi connectivity index (χ3v) is 4.65. The summed E-state index contributed by atoms with van der Waals surface area (Å²) in [7, 11) is 0. The number of hydrogen-bond acceptors (Lipinski definition) is 3. The van der Waals surface area contributed by atoms with Crippen LogP contribution in [0.4, 0.5) is 0 Å². The van der Waals surface area contributed by atoms with Crippen molar-refractivity contribution in [3.05, 3.63) is 28.8 Å². The predicted octanol–water partition coefficient (Wildman–Crippen LogP) is 3.00. The molecule has 2 rings (SSSR count). The third kappa shape index (κ3) is 3.73. The molecule has 0 radical (unpaired) electrons. The van der Waals surface area contributed by atoms with Gasteiger partial charge in [-0.15, -0.1) is 0 Å². The summed E-state index contributed by atoms with van der Waals surface area (Å²) in [5.41, 5.74) is 6.99. The predicted molar refractivity (Wildman–Crippen MR) is 89.2 cm³/mol. The molecule has 1 aliphatic heterocycles. The minimum absolute atomic E-state index is 0.00863. The number of hydrogen-bond donors (Lipinski definition) is 1. The Morgan fingerprint density at radius 1 is 1.50 bits per heavy atom. The lowest BCUT2D eigenvalue weighted by Gasteiger charge is -2.43. The van der Waals surface area contributed by atoms with Gasteiger partial charge in [0.05, 0.1) is 0 Å². The van der Waals surface area contributed by atoms with E-state index in [0.717, 1.165) is 12.0 Å². The Bertz CT molecular complexity index is 560. The molecular formula is C17H25ClN2O2. The first-order valence-corrected chi connectivity index (χ1v) is 8.05. The second-order valence-corrected chi connectivity index (χ2v) is 7.25. The molecular weight excluding hydrogens is 300 g/mol. The van der Waals surface area contributed by atoms with Crippen molar-refractivity contribution in [2.24, 2.45) is 11.1 Å². The van der Waals surface area contributed by atoms with Crippen LogP contribution < -0.4 is 10.5 Å². The average molecular weight is 325 g/mol. The first kappa shape index (κ1) is 17.1. The highest BCUT2D eigenvalue weighted by Gasteiger charge is 2.36. The Labute approximate surface area is 137 Å². The number of halogens is 1. The molecule has 2 atom stereocenters. The van der Waals surface area contributed by atoms with Gasteiger partial charge in [-0.3, -0.25) is 4.79 Å². The van der Waals surface area contributed by atoms with Crippen molar-refractivity contribution in [1.29, 1.82) is 0 Å². The number of carbonyl (C=O) groups is 1. The molecule has 2 N–H and O–H groups in total. The van der Waals surface area contributed by atoms with Gasteiger partial charge in [0.1, 0.15) is 5.75 Å². The summed E-state index contributed by atoms with van der Waals surface area (Å²) < 4.78 is 5.83. The van der Waals surface area contributed by atoms with Gasteiger partial charge in [-0.05, 0) is 49.4 Å². The van der Waals surface area contributed by atoms with Gasteiger partial charge in [-0.2, -0.15) is 0 Å². The topological polar surface area (TPSA) is 55.6 Å². The number of nitrogens with zero attached hydrogens (tertiary/aromatic N) is 1. The van der Waals surface area contributed by atoms with Gasteiger partial charge in [0.2, 0.25) is 0 Å². The highest BCUT2D eigenvalue weighted by Crippen LogP contribution is 2.29. The van der Waals surface area contributed by atoms with Gasteiger partial charge >= 0.3 is 0 Å². The lowest BCUT2D eigenvalue weighted by atomic mass is 9.79. The number of rotatable bonds is 3. The van der Waals surface area contributed by atoms with Crippen molar-refractivity contribution in [3.63, 3.8) is 0 Å². The quantitative estimate of drug-likeness (QED) is 0.930. The van der Waals surface area contributed by atoms with Crippen LogP contribution in [0.25, 0.3) is 0 Å². The molecule has 0 saturated carbocycles. The van der Waals surface area contributed by atoms with Gasteiger partial charge in [0.15, 0.2) is 6.10 Å². The summed E-state index contributed by atoms with van der Waals surface area (Å²) in [6.45, 7) is 9.27. The van der Waals surface area contributed by atoms with Crippen molar-refractivity contribution in [3.8, 4) is 5.75 Å². The second-order valence-electron chi connectivity index (χ2n) is 6.81. The van der Waals surface area contributed by atoms with Crippen LogP contribution >= 0.6 is 11.6 Å². The molecule has 1 aliphatic rings. The van der Waals surface area contributed by atoms with Crippen molar-refractivity contribution >= 4 is 17.5 Å². The van der Waals surface area contributed by atoms with E-state index in [0.29, 0.717) is 23.9 Å². The van der Waals surface area contributed by atoms with Gasteiger partial charge in [0.25, 0.3) is 5.91 Å². The maximum Gasteiger partial charge on any atom is 0.263 e. The molecule has 1 fully saturated rings. The number of piperidine rings is 1. The van der Waals surface area contributed by atoms with Crippen LogP contribution in [0.1, 0.15) is 32.8 Å². The second kappa shape index (κ2) is 6.47. The molecule has 0 spiro atoms. The number of ether oxygens (including phenoxy) is 1. The Balaban J connectivity index is 2.03. The molecule has 22 heavy (non-hydrogen) atoms. The van der Waals surface area contributed by atoms with Crippen LogP contribution in [-0.4, -0.2) is 36.0 Å². The summed E-state index contributed by atoms with van der Waals surface area (Å²) >= 11 is 5.94. The molecule has 1 amide bonds. The Hall–Kier alpha value is -1.26. The molecule has 4 nitrogen and oxygen atoms in total. The zero-order chi connectivity index (χ0) is 16.5. The van der Waals surface area contributed by atoms with E-state index in [1.807, 2.05) is 17.9 Å². The fourth-order valence-corrected chi connectivity index (χ4v) is 3.03. The van der Waals surface area contributed by atoms with Crippen molar-refractivity contribution in [1.82, 2.24) is 4.90 Å². The lowest BCUT2D eigenvalue weighted by Crippen LogP contribution is -2.56. The highest BCUT2D eigenvalue weighted by atomic mass is 35.5. The molecule has 2 unspecified atom stereocenters. The number of benzene rings is 1. The summed E-state index contributed by atoms with van der Waals surface area (Å²) in [5, 5.41) is 0.663. The Morgan fingerprint density at radius 3 is 2.77 bits per heavy atom. The SMILES string of the molecule is Cc1cc(Cl)ccc1OC(C)C(=O)N1CCC(N)C(C)(C)C1. The van der Waals surface area contributed by atoms with Gasteiger partial charge < -0.3 is 15.4 Å². The van der Waals surface area contributed by atoms with E-state index in [1.54, 1.807) is 19.1 Å². The van der Waals surface area contributed by atoms with E-state index in [1.165, 1.54) is 0 Å². The van der Waals surface area contributed by atoms with Gasteiger partial charge in [0, 0.05) is 24.2 Å². The third-order valence-electron chi connectivity index (χ3n) is 4.41.